The number of nitrogens with zero attached hydrogens (tertiary/aromatic N) is 1. The molecule has 3 N–H and O–H groups in total. The summed E-state index contributed by atoms with van der Waals surface area (Å²) in [5, 5.41) is 15.6. The van der Waals surface area contributed by atoms with Gasteiger partial charge in [-0.05, 0) is 37.1 Å². The number of halogens is 1. The van der Waals surface area contributed by atoms with Gasteiger partial charge in [0.2, 0.25) is 10.0 Å². The average Bonchev–Trinajstić information content (AvgIpc) is 2.92. The Hall–Kier alpha value is -1.19. The molecule has 25 heavy (non-hydrogen) atoms. The van der Waals surface area contributed by atoms with Crippen molar-refractivity contribution in [1.29, 1.82) is 0 Å². The number of aryl methyl sites for hydroxylation is 1. The number of carbonyl (C=O) groups excluding carboxylic acids is 1. The van der Waals surface area contributed by atoms with Gasteiger partial charge in [0.1, 0.15) is 0 Å². The molecule has 0 aromatic heterocycles. The van der Waals surface area contributed by atoms with Crippen LogP contribution in [-0.4, -0.2) is 63.6 Å². The molecule has 0 spiro atoms. The molecule has 1 heterocycles. The molecule has 0 saturated carbocycles. The Bertz CT molecular complexity index is 737. The number of sulfonamides is 1. The van der Waals surface area contributed by atoms with E-state index in [1.54, 1.807) is 19.9 Å². The third-order valence-corrected chi connectivity index (χ3v) is 6.41. The van der Waals surface area contributed by atoms with E-state index in [1.807, 2.05) is 0 Å². The Morgan fingerprint density at radius 3 is 2.48 bits per heavy atom. The average molecular weight is 392 g/mol. The number of hydrogen-bond acceptors (Lipinski definition) is 5. The van der Waals surface area contributed by atoms with Crippen LogP contribution in [0, 0.1) is 19.8 Å². The zero-order valence-corrected chi connectivity index (χ0v) is 16.5. The van der Waals surface area contributed by atoms with Crippen molar-refractivity contribution in [3.8, 4) is 0 Å². The molecule has 1 aliphatic rings. The quantitative estimate of drug-likeness (QED) is 0.670. The van der Waals surface area contributed by atoms with Crippen molar-refractivity contribution < 1.29 is 18.3 Å². The van der Waals surface area contributed by atoms with Crippen LogP contribution in [0.4, 0.5) is 0 Å². The fourth-order valence-electron chi connectivity index (χ4n) is 2.68. The van der Waals surface area contributed by atoms with Crippen LogP contribution < -0.4 is 10.6 Å². The van der Waals surface area contributed by atoms with Gasteiger partial charge < -0.3 is 15.7 Å². The number of aliphatic hydroxyl groups excluding tert-OH is 1. The van der Waals surface area contributed by atoms with E-state index >= 15 is 0 Å². The van der Waals surface area contributed by atoms with Crippen LogP contribution in [0.1, 0.15) is 21.5 Å². The molecule has 1 fully saturated rings. The number of hydrogen-bond donors (Lipinski definition) is 3. The monoisotopic (exact) mass is 391 g/mol. The summed E-state index contributed by atoms with van der Waals surface area (Å²) in [7, 11) is -0.695. The summed E-state index contributed by atoms with van der Waals surface area (Å²) in [5.74, 6) is -0.377. The molecule has 0 bridgehead atoms. The van der Waals surface area contributed by atoms with Crippen LogP contribution in [0.25, 0.3) is 0 Å². The second kappa shape index (κ2) is 8.46. The molecular formula is C16H26ClN3O4S. The van der Waals surface area contributed by atoms with Crippen molar-refractivity contribution in [2.24, 2.45) is 5.92 Å². The van der Waals surface area contributed by atoms with Gasteiger partial charge >= 0.3 is 0 Å². The van der Waals surface area contributed by atoms with Crippen molar-refractivity contribution >= 4 is 28.3 Å². The molecule has 1 aromatic rings. The highest BCUT2D eigenvalue weighted by Crippen LogP contribution is 2.23. The fourth-order valence-corrected chi connectivity index (χ4v) is 3.89. The first-order valence-electron chi connectivity index (χ1n) is 7.85. The van der Waals surface area contributed by atoms with Gasteiger partial charge in [0.15, 0.2) is 0 Å². The summed E-state index contributed by atoms with van der Waals surface area (Å²) in [4.78, 5) is 12.5. The number of β-amino-alcohol motifs (C(OH)–C–C–N with tert-alkyl or cyclic N) is 1. The molecule has 0 radical (unpaired) electrons. The lowest BCUT2D eigenvalue weighted by atomic mass is 10.0. The lowest BCUT2D eigenvalue weighted by Gasteiger charge is -2.17. The molecule has 2 rings (SSSR count). The molecule has 7 nitrogen and oxygen atoms in total. The zero-order chi connectivity index (χ0) is 18.1. The summed E-state index contributed by atoms with van der Waals surface area (Å²) < 4.78 is 26.0. The van der Waals surface area contributed by atoms with Crippen molar-refractivity contribution in [1.82, 2.24) is 14.9 Å². The van der Waals surface area contributed by atoms with Crippen LogP contribution in [0.2, 0.25) is 0 Å². The molecule has 0 aliphatic carbocycles. The molecule has 142 valence electrons. The smallest absolute Gasteiger partial charge is 0.251 e. The van der Waals surface area contributed by atoms with E-state index in [9.17, 15) is 18.3 Å². The number of amides is 1. The minimum atomic E-state index is -3.62. The number of rotatable bonds is 5. The normalized spacial score (nSPS) is 20.4. The highest BCUT2D eigenvalue weighted by atomic mass is 35.5. The largest absolute Gasteiger partial charge is 0.391 e. The van der Waals surface area contributed by atoms with Crippen molar-refractivity contribution in [3.63, 3.8) is 0 Å². The maximum atomic E-state index is 12.4. The highest BCUT2D eigenvalue weighted by Gasteiger charge is 2.26. The highest BCUT2D eigenvalue weighted by molar-refractivity contribution is 7.89. The molecule has 2 unspecified atom stereocenters. The van der Waals surface area contributed by atoms with E-state index in [0.717, 1.165) is 9.87 Å². The van der Waals surface area contributed by atoms with E-state index in [2.05, 4.69) is 10.6 Å². The second-order valence-corrected chi connectivity index (χ2v) is 8.52. The SMILES string of the molecule is Cc1cc(C(=O)NCC2CNCC2O)cc(S(=O)(=O)N(C)C)c1C.Cl. The zero-order valence-electron chi connectivity index (χ0n) is 14.9. The Morgan fingerprint density at radius 2 is 1.96 bits per heavy atom. The van der Waals surface area contributed by atoms with Crippen molar-refractivity contribution in [2.45, 2.75) is 24.8 Å². The molecule has 1 aliphatic heterocycles. The summed E-state index contributed by atoms with van der Waals surface area (Å²) in [5.41, 5.74) is 1.68. The molecule has 1 amide bonds. The van der Waals surface area contributed by atoms with E-state index in [1.165, 1.54) is 20.2 Å². The molecule has 1 saturated heterocycles. The number of carbonyl (C=O) groups is 1. The number of nitrogens with one attached hydrogen (secondary N) is 2. The number of aliphatic hydroxyl groups is 1. The molecule has 1 aromatic carbocycles. The molecule has 2 atom stereocenters. The van der Waals surface area contributed by atoms with Crippen LogP contribution in [0.5, 0.6) is 0 Å². The first-order chi connectivity index (χ1) is 11.1. The third kappa shape index (κ3) is 4.71. The first kappa shape index (κ1) is 21.9. The summed E-state index contributed by atoms with van der Waals surface area (Å²) >= 11 is 0. The Kier molecular flexibility index (Phi) is 7.40. The van der Waals surface area contributed by atoms with Gasteiger partial charge in [-0.15, -0.1) is 12.4 Å². The first-order valence-corrected chi connectivity index (χ1v) is 9.29. The fraction of sp³-hybridized carbons (Fsp3) is 0.562. The van der Waals surface area contributed by atoms with E-state index in [0.29, 0.717) is 30.8 Å². The third-order valence-electron chi connectivity index (χ3n) is 4.47. The van der Waals surface area contributed by atoms with Crippen molar-refractivity contribution in [3.05, 3.63) is 28.8 Å². The van der Waals surface area contributed by atoms with Crippen LogP contribution >= 0.6 is 12.4 Å². The van der Waals surface area contributed by atoms with Crippen LogP contribution in [-0.2, 0) is 10.0 Å². The van der Waals surface area contributed by atoms with E-state index in [4.69, 9.17) is 0 Å². The van der Waals surface area contributed by atoms with Gasteiger partial charge in [-0.25, -0.2) is 12.7 Å². The van der Waals surface area contributed by atoms with Gasteiger partial charge in [-0.1, -0.05) is 0 Å². The van der Waals surface area contributed by atoms with Gasteiger partial charge in [0.05, 0.1) is 11.0 Å². The van der Waals surface area contributed by atoms with Crippen LogP contribution in [0.3, 0.4) is 0 Å². The van der Waals surface area contributed by atoms with Gasteiger partial charge in [-0.3, -0.25) is 4.79 Å². The van der Waals surface area contributed by atoms with Gasteiger partial charge in [0.25, 0.3) is 5.91 Å². The van der Waals surface area contributed by atoms with E-state index in [-0.39, 0.29) is 29.1 Å². The summed E-state index contributed by atoms with van der Waals surface area (Å²) in [6, 6.07) is 3.10. The maximum Gasteiger partial charge on any atom is 0.251 e. The molecular weight excluding hydrogens is 366 g/mol. The summed E-state index contributed by atoms with van der Waals surface area (Å²) in [6.07, 6.45) is -0.477. The van der Waals surface area contributed by atoms with Gasteiger partial charge in [-0.2, -0.15) is 0 Å². The minimum absolute atomic E-state index is 0. The predicted octanol–water partition coefficient (Wildman–Crippen LogP) is 0.286. The number of benzene rings is 1. The van der Waals surface area contributed by atoms with Gasteiger partial charge in [0, 0.05) is 45.2 Å². The predicted molar refractivity (Wildman–Crippen MR) is 98.7 cm³/mol. The topological polar surface area (TPSA) is 98.7 Å². The molecule has 9 heteroatoms. The lowest BCUT2D eigenvalue weighted by Crippen LogP contribution is -2.34. The Labute approximate surface area is 155 Å². The van der Waals surface area contributed by atoms with Crippen molar-refractivity contribution in [2.75, 3.05) is 33.7 Å². The van der Waals surface area contributed by atoms with Crippen LogP contribution in [0.15, 0.2) is 17.0 Å². The lowest BCUT2D eigenvalue weighted by molar-refractivity contribution is 0.0926. The second-order valence-electron chi connectivity index (χ2n) is 6.40. The van der Waals surface area contributed by atoms with E-state index < -0.39 is 16.1 Å². The maximum absolute atomic E-state index is 12.4. The Balaban J connectivity index is 0.00000312. The standard InChI is InChI=1S/C16H25N3O4S.ClH/c1-10-5-12(6-15(11(10)2)24(22,23)19(3)4)16(21)18-8-13-7-17-9-14(13)20;/h5-6,13-14,17,20H,7-9H2,1-4H3,(H,18,21);1H. The minimum Gasteiger partial charge on any atom is -0.391 e. The Morgan fingerprint density at radius 1 is 1.32 bits per heavy atom. The summed E-state index contributed by atoms with van der Waals surface area (Å²) in [6.45, 7) is 5.03.